The number of allylic oxidation sites excluding steroid dienone is 2. The number of hydrogen-bond donors (Lipinski definition) is 2. The normalized spacial score (nSPS) is 14.7. The molecule has 0 radical (unpaired) electrons. The second-order valence-electron chi connectivity index (χ2n) is 3.77. The number of unbranched alkanes of at least 4 members (excludes halogenated alkanes) is 2. The lowest BCUT2D eigenvalue weighted by Crippen LogP contribution is -2.41. The summed E-state index contributed by atoms with van der Waals surface area (Å²) in [6.45, 7) is 7.36. The van der Waals surface area contributed by atoms with Gasteiger partial charge in [-0.25, -0.2) is 0 Å². The number of nitrogens with two attached hydrogens (primary N) is 2. The van der Waals surface area contributed by atoms with E-state index in [-0.39, 0.29) is 12.1 Å². The smallest absolute Gasteiger partial charge is 0.0192 e. The molecule has 2 atom stereocenters. The van der Waals surface area contributed by atoms with Crippen molar-refractivity contribution < 1.29 is 0 Å². The maximum atomic E-state index is 5.96. The molecule has 0 saturated carbocycles. The Bertz CT molecular complexity index is 136. The Morgan fingerprint density at radius 1 is 0.857 bits per heavy atom. The van der Waals surface area contributed by atoms with Crippen LogP contribution in [-0.4, -0.2) is 12.1 Å². The summed E-state index contributed by atoms with van der Waals surface area (Å²) in [5.41, 5.74) is 11.9. The standard InChI is InChI=1S/C12H24N2/c1-3-5-7-9-11(13)12(14)10-8-6-4-2/h3-4,11-12H,1-2,5-10,13-14H2/t11-,12-/m0/s1. The van der Waals surface area contributed by atoms with Gasteiger partial charge in [0.2, 0.25) is 0 Å². The third-order valence-electron chi connectivity index (χ3n) is 2.44. The van der Waals surface area contributed by atoms with Gasteiger partial charge in [0.15, 0.2) is 0 Å². The van der Waals surface area contributed by atoms with Crippen molar-refractivity contribution in [3.63, 3.8) is 0 Å². The minimum absolute atomic E-state index is 0.139. The largest absolute Gasteiger partial charge is 0.326 e. The Hall–Kier alpha value is -0.600. The predicted molar refractivity (Wildman–Crippen MR) is 64.0 cm³/mol. The molecule has 2 nitrogen and oxygen atoms in total. The molecule has 0 aromatic heterocycles. The molecule has 0 aliphatic rings. The third-order valence-corrected chi connectivity index (χ3v) is 2.44. The highest BCUT2D eigenvalue weighted by atomic mass is 14.8. The molecule has 0 aromatic carbocycles. The molecule has 2 heteroatoms. The molecule has 82 valence electrons. The molecule has 0 saturated heterocycles. The molecule has 14 heavy (non-hydrogen) atoms. The Morgan fingerprint density at radius 3 is 1.50 bits per heavy atom. The van der Waals surface area contributed by atoms with Gasteiger partial charge in [0.05, 0.1) is 0 Å². The molecule has 0 bridgehead atoms. The fourth-order valence-electron chi connectivity index (χ4n) is 1.42. The first-order valence-corrected chi connectivity index (χ1v) is 5.45. The van der Waals surface area contributed by atoms with Gasteiger partial charge in [-0.1, -0.05) is 12.2 Å². The van der Waals surface area contributed by atoms with Crippen LogP contribution >= 0.6 is 0 Å². The average Bonchev–Trinajstić information content (AvgIpc) is 2.18. The van der Waals surface area contributed by atoms with E-state index in [4.69, 9.17) is 11.5 Å². The third kappa shape index (κ3) is 6.87. The van der Waals surface area contributed by atoms with Gasteiger partial charge in [-0.3, -0.25) is 0 Å². The summed E-state index contributed by atoms with van der Waals surface area (Å²) < 4.78 is 0. The van der Waals surface area contributed by atoms with E-state index in [9.17, 15) is 0 Å². The van der Waals surface area contributed by atoms with E-state index in [1.165, 1.54) is 0 Å². The van der Waals surface area contributed by atoms with E-state index < -0.39 is 0 Å². The van der Waals surface area contributed by atoms with E-state index in [2.05, 4.69) is 13.2 Å². The molecule has 0 heterocycles. The van der Waals surface area contributed by atoms with Crippen LogP contribution in [0.25, 0.3) is 0 Å². The van der Waals surface area contributed by atoms with Crippen LogP contribution in [0, 0.1) is 0 Å². The van der Waals surface area contributed by atoms with Gasteiger partial charge >= 0.3 is 0 Å². The van der Waals surface area contributed by atoms with Crippen LogP contribution in [0.5, 0.6) is 0 Å². The first-order chi connectivity index (χ1) is 6.72. The van der Waals surface area contributed by atoms with Gasteiger partial charge in [0.1, 0.15) is 0 Å². The minimum atomic E-state index is 0.139. The molecule has 0 unspecified atom stereocenters. The molecule has 0 spiro atoms. The van der Waals surface area contributed by atoms with E-state index in [1.807, 2.05) is 12.2 Å². The first kappa shape index (κ1) is 13.4. The van der Waals surface area contributed by atoms with Crippen molar-refractivity contribution in [2.24, 2.45) is 11.5 Å². The Labute approximate surface area is 88.1 Å². The van der Waals surface area contributed by atoms with E-state index in [0.29, 0.717) is 0 Å². The van der Waals surface area contributed by atoms with Crippen molar-refractivity contribution in [2.75, 3.05) is 0 Å². The van der Waals surface area contributed by atoms with Crippen molar-refractivity contribution in [1.82, 2.24) is 0 Å². The van der Waals surface area contributed by atoms with Crippen LogP contribution < -0.4 is 11.5 Å². The summed E-state index contributed by atoms with van der Waals surface area (Å²) in [6.07, 6.45) is 10.1. The van der Waals surface area contributed by atoms with Crippen molar-refractivity contribution in [3.05, 3.63) is 25.3 Å². The molecule has 0 fully saturated rings. The monoisotopic (exact) mass is 196 g/mol. The lowest BCUT2D eigenvalue weighted by Gasteiger charge is -2.19. The lowest BCUT2D eigenvalue weighted by atomic mass is 9.98. The Kier molecular flexibility index (Phi) is 8.59. The number of hydrogen-bond acceptors (Lipinski definition) is 2. The fraction of sp³-hybridized carbons (Fsp3) is 0.667. The second kappa shape index (κ2) is 8.97. The Balaban J connectivity index is 3.47. The van der Waals surface area contributed by atoms with Crippen molar-refractivity contribution >= 4 is 0 Å². The minimum Gasteiger partial charge on any atom is -0.326 e. The first-order valence-electron chi connectivity index (χ1n) is 5.45. The summed E-state index contributed by atoms with van der Waals surface area (Å²) in [7, 11) is 0. The highest BCUT2D eigenvalue weighted by Gasteiger charge is 2.11. The highest BCUT2D eigenvalue weighted by molar-refractivity contribution is 4.78. The van der Waals surface area contributed by atoms with Gasteiger partial charge in [-0.2, -0.15) is 0 Å². The molecular formula is C12H24N2. The highest BCUT2D eigenvalue weighted by Crippen LogP contribution is 2.07. The Morgan fingerprint density at radius 2 is 1.21 bits per heavy atom. The van der Waals surface area contributed by atoms with Gasteiger partial charge in [0, 0.05) is 12.1 Å². The predicted octanol–water partition coefficient (Wildman–Crippen LogP) is 2.35. The molecular weight excluding hydrogens is 172 g/mol. The quantitative estimate of drug-likeness (QED) is 0.439. The molecule has 4 N–H and O–H groups in total. The molecule has 0 rings (SSSR count). The van der Waals surface area contributed by atoms with Crippen molar-refractivity contribution in [2.45, 2.75) is 50.6 Å². The van der Waals surface area contributed by atoms with Gasteiger partial charge in [-0.15, -0.1) is 13.2 Å². The summed E-state index contributed by atoms with van der Waals surface area (Å²) in [6, 6.07) is 0.277. The average molecular weight is 196 g/mol. The van der Waals surface area contributed by atoms with Crippen LogP contribution in [0.1, 0.15) is 38.5 Å². The zero-order valence-corrected chi connectivity index (χ0v) is 9.12. The van der Waals surface area contributed by atoms with Crippen LogP contribution in [0.2, 0.25) is 0 Å². The van der Waals surface area contributed by atoms with Crippen LogP contribution in [0.15, 0.2) is 25.3 Å². The summed E-state index contributed by atoms with van der Waals surface area (Å²) in [4.78, 5) is 0. The van der Waals surface area contributed by atoms with E-state index in [1.54, 1.807) is 0 Å². The topological polar surface area (TPSA) is 52.0 Å². The fourth-order valence-corrected chi connectivity index (χ4v) is 1.42. The SMILES string of the molecule is C=CCCC[C@H](N)[C@@H](N)CCCC=C. The summed E-state index contributed by atoms with van der Waals surface area (Å²) in [5.74, 6) is 0. The van der Waals surface area contributed by atoms with Gasteiger partial charge < -0.3 is 11.5 Å². The van der Waals surface area contributed by atoms with Crippen molar-refractivity contribution in [3.8, 4) is 0 Å². The number of rotatable bonds is 9. The van der Waals surface area contributed by atoms with Gasteiger partial charge in [0.25, 0.3) is 0 Å². The van der Waals surface area contributed by atoms with Crippen LogP contribution in [-0.2, 0) is 0 Å². The van der Waals surface area contributed by atoms with Crippen LogP contribution in [0.3, 0.4) is 0 Å². The maximum absolute atomic E-state index is 5.96. The lowest BCUT2D eigenvalue weighted by molar-refractivity contribution is 0.451. The van der Waals surface area contributed by atoms with Crippen molar-refractivity contribution in [1.29, 1.82) is 0 Å². The molecule has 0 aliphatic heterocycles. The maximum Gasteiger partial charge on any atom is 0.0192 e. The molecule has 0 aliphatic carbocycles. The zero-order valence-electron chi connectivity index (χ0n) is 9.12. The zero-order chi connectivity index (χ0) is 10.8. The van der Waals surface area contributed by atoms with Gasteiger partial charge in [-0.05, 0) is 38.5 Å². The summed E-state index contributed by atoms with van der Waals surface area (Å²) >= 11 is 0. The molecule has 0 amide bonds. The second-order valence-corrected chi connectivity index (χ2v) is 3.77. The van der Waals surface area contributed by atoms with E-state index in [0.717, 1.165) is 38.5 Å². The molecule has 0 aromatic rings. The van der Waals surface area contributed by atoms with Crippen LogP contribution in [0.4, 0.5) is 0 Å². The summed E-state index contributed by atoms with van der Waals surface area (Å²) in [5, 5.41) is 0. The van der Waals surface area contributed by atoms with E-state index >= 15 is 0 Å².